The third-order valence-electron chi connectivity index (χ3n) is 11.6. The number of carbonyl (C=O) groups is 3. The van der Waals surface area contributed by atoms with E-state index < -0.39 is 16.4 Å². The fourth-order valence-corrected chi connectivity index (χ4v) is 8.35. The molecule has 4 atom stereocenters. The first-order valence-electron chi connectivity index (χ1n) is 16.4. The standard InChI is InChI=1S/C37H56N4O3/c1-12-15-32(3,4)17-19-35(9,40-31(44)41-22-13-21-39-41)20-18-33(5,6)37(11)16-14-28-34(7,8)30(43)27(25-38)24-36(28,10)29(37)23-26(2)42/h13,21-24,28H,12,14-20H2,1-11H3,(H,40,44)/b29-23-/t28-,35-,36-,37+/m0/s1. The SMILES string of the molecule is CCCC(C)(C)CC[C@@](C)(CCC(C)(C)[C@]1(C)CC[C@H]2C(C)(C)C(=O)C(C#N)=C[C@]2(C)/C1=C/C(C)=O)NC(=O)n1cccn1. The van der Waals surface area contributed by atoms with Crippen molar-refractivity contribution in [2.75, 3.05) is 0 Å². The van der Waals surface area contributed by atoms with Gasteiger partial charge >= 0.3 is 6.03 Å². The lowest BCUT2D eigenvalue weighted by molar-refractivity contribution is -0.131. The monoisotopic (exact) mass is 604 g/mol. The number of hydrogen-bond donors (Lipinski definition) is 1. The van der Waals surface area contributed by atoms with Crippen LogP contribution in [-0.4, -0.2) is 32.9 Å². The molecular weight excluding hydrogens is 548 g/mol. The molecule has 44 heavy (non-hydrogen) atoms. The van der Waals surface area contributed by atoms with Crippen molar-refractivity contribution in [1.82, 2.24) is 15.1 Å². The van der Waals surface area contributed by atoms with Gasteiger partial charge < -0.3 is 5.32 Å². The van der Waals surface area contributed by atoms with Crippen LogP contribution in [0.1, 0.15) is 128 Å². The maximum Gasteiger partial charge on any atom is 0.342 e. The van der Waals surface area contributed by atoms with Crippen LogP contribution in [0.4, 0.5) is 4.79 Å². The van der Waals surface area contributed by atoms with Crippen molar-refractivity contribution in [3.63, 3.8) is 0 Å². The average Bonchev–Trinajstić information content (AvgIpc) is 3.46. The first kappa shape index (κ1) is 35.5. The molecule has 1 amide bonds. The molecule has 0 bridgehead atoms. The number of nitrogens with zero attached hydrogens (tertiary/aromatic N) is 3. The Morgan fingerprint density at radius 3 is 2.27 bits per heavy atom. The van der Waals surface area contributed by atoms with Gasteiger partial charge in [0.25, 0.3) is 0 Å². The molecule has 0 aliphatic heterocycles. The van der Waals surface area contributed by atoms with E-state index in [1.807, 2.05) is 19.9 Å². The van der Waals surface area contributed by atoms with Crippen LogP contribution in [0.2, 0.25) is 0 Å². The van der Waals surface area contributed by atoms with Gasteiger partial charge in [-0.1, -0.05) is 80.4 Å². The molecule has 1 N–H and O–H groups in total. The Kier molecular flexibility index (Phi) is 10.0. The maximum atomic E-state index is 13.3. The summed E-state index contributed by atoms with van der Waals surface area (Å²) in [7, 11) is 0. The zero-order valence-corrected chi connectivity index (χ0v) is 29.2. The Hall–Kier alpha value is -3.01. The predicted octanol–water partition coefficient (Wildman–Crippen LogP) is 8.61. The fourth-order valence-electron chi connectivity index (χ4n) is 8.35. The molecule has 1 heterocycles. The summed E-state index contributed by atoms with van der Waals surface area (Å²) in [5.41, 5.74) is -1.09. The van der Waals surface area contributed by atoms with Gasteiger partial charge in [-0.25, -0.2) is 4.79 Å². The van der Waals surface area contributed by atoms with Crippen LogP contribution in [0.5, 0.6) is 0 Å². The van der Waals surface area contributed by atoms with Crippen LogP contribution in [-0.2, 0) is 9.59 Å². The number of aromatic nitrogens is 2. The number of ketones is 2. The highest BCUT2D eigenvalue weighted by atomic mass is 16.2. The average molecular weight is 605 g/mol. The molecule has 1 fully saturated rings. The maximum absolute atomic E-state index is 13.3. The molecule has 1 aromatic heterocycles. The zero-order chi connectivity index (χ0) is 33.4. The van der Waals surface area contributed by atoms with E-state index in [4.69, 9.17) is 0 Å². The molecule has 1 aromatic rings. The minimum absolute atomic E-state index is 0.0199. The van der Waals surface area contributed by atoms with E-state index in [9.17, 15) is 19.6 Å². The molecule has 7 heteroatoms. The second-order valence-corrected chi connectivity index (χ2v) is 16.3. The van der Waals surface area contributed by atoms with E-state index in [-0.39, 0.29) is 45.3 Å². The van der Waals surface area contributed by atoms with Crippen LogP contribution < -0.4 is 5.32 Å². The number of allylic oxidation sites excluding steroid dienone is 4. The number of fused-ring (bicyclic) bond motifs is 1. The first-order valence-corrected chi connectivity index (χ1v) is 16.4. The Balaban J connectivity index is 2.01. The first-order chi connectivity index (χ1) is 20.2. The van der Waals surface area contributed by atoms with E-state index >= 15 is 0 Å². The summed E-state index contributed by atoms with van der Waals surface area (Å²) in [4.78, 5) is 39.4. The molecule has 0 unspecified atom stereocenters. The second kappa shape index (κ2) is 12.4. The van der Waals surface area contributed by atoms with Crippen molar-refractivity contribution in [3.05, 3.63) is 41.8 Å². The molecule has 3 rings (SSSR count). The number of hydrogen-bond acceptors (Lipinski definition) is 5. The largest absolute Gasteiger partial charge is 0.342 e. The van der Waals surface area contributed by atoms with Gasteiger partial charge in [0.05, 0.1) is 5.57 Å². The minimum Gasteiger partial charge on any atom is -0.331 e. The van der Waals surface area contributed by atoms with Gasteiger partial charge in [0, 0.05) is 28.8 Å². The number of carbonyl (C=O) groups excluding carboxylic acids is 3. The van der Waals surface area contributed by atoms with Crippen LogP contribution in [0.25, 0.3) is 0 Å². The Morgan fingerprint density at radius 1 is 1.09 bits per heavy atom. The number of amides is 1. The van der Waals surface area contributed by atoms with E-state index in [1.165, 1.54) is 4.68 Å². The molecule has 0 aromatic carbocycles. The van der Waals surface area contributed by atoms with Crippen LogP contribution in [0.3, 0.4) is 0 Å². The topological polar surface area (TPSA) is 105 Å². The lowest BCUT2D eigenvalue weighted by Crippen LogP contribution is -2.56. The van der Waals surface area contributed by atoms with Crippen LogP contribution in [0.15, 0.2) is 41.8 Å². The Morgan fingerprint density at radius 2 is 1.73 bits per heavy atom. The van der Waals surface area contributed by atoms with Gasteiger partial charge in [0.1, 0.15) is 6.07 Å². The summed E-state index contributed by atoms with van der Waals surface area (Å²) < 4.78 is 1.35. The van der Waals surface area contributed by atoms with Crippen molar-refractivity contribution in [3.8, 4) is 6.07 Å². The van der Waals surface area contributed by atoms with Crippen LogP contribution >= 0.6 is 0 Å². The predicted molar refractivity (Wildman–Crippen MR) is 176 cm³/mol. The number of nitrogens with one attached hydrogen (secondary N) is 1. The van der Waals surface area contributed by atoms with Gasteiger partial charge in [0.2, 0.25) is 0 Å². The highest BCUT2D eigenvalue weighted by Gasteiger charge is 2.61. The molecule has 2 aliphatic carbocycles. The van der Waals surface area contributed by atoms with E-state index in [1.54, 1.807) is 31.5 Å². The molecule has 0 radical (unpaired) electrons. The van der Waals surface area contributed by atoms with Crippen molar-refractivity contribution >= 4 is 17.6 Å². The zero-order valence-electron chi connectivity index (χ0n) is 29.2. The van der Waals surface area contributed by atoms with Gasteiger partial charge in [-0.3, -0.25) is 9.59 Å². The van der Waals surface area contributed by atoms with Gasteiger partial charge in [0.15, 0.2) is 11.6 Å². The van der Waals surface area contributed by atoms with Crippen molar-refractivity contribution in [1.29, 1.82) is 5.26 Å². The molecule has 0 saturated heterocycles. The third-order valence-corrected chi connectivity index (χ3v) is 11.6. The van der Waals surface area contributed by atoms with Crippen molar-refractivity contribution in [2.45, 2.75) is 133 Å². The summed E-state index contributed by atoms with van der Waals surface area (Å²) in [6, 6.07) is 3.68. The summed E-state index contributed by atoms with van der Waals surface area (Å²) >= 11 is 0. The molecule has 2 aliphatic rings. The van der Waals surface area contributed by atoms with Gasteiger partial charge in [-0.2, -0.15) is 15.0 Å². The third kappa shape index (κ3) is 6.80. The van der Waals surface area contributed by atoms with E-state index in [0.29, 0.717) is 0 Å². The van der Waals surface area contributed by atoms with Gasteiger partial charge in [-0.15, -0.1) is 0 Å². The minimum atomic E-state index is -0.712. The fraction of sp³-hybridized carbons (Fsp3) is 0.703. The summed E-state index contributed by atoms with van der Waals surface area (Å²) in [6.45, 7) is 23.4. The van der Waals surface area contributed by atoms with Crippen molar-refractivity contribution in [2.24, 2.45) is 33.0 Å². The summed E-state index contributed by atoms with van der Waals surface area (Å²) in [5.74, 6) is -0.157. The van der Waals surface area contributed by atoms with Gasteiger partial charge in [-0.05, 0) is 93.1 Å². The highest BCUT2D eigenvalue weighted by Crippen LogP contribution is 2.67. The lowest BCUT2D eigenvalue weighted by Gasteiger charge is -2.61. The lowest BCUT2D eigenvalue weighted by atomic mass is 9.42. The van der Waals surface area contributed by atoms with Crippen LogP contribution in [0, 0.1) is 44.3 Å². The smallest absolute Gasteiger partial charge is 0.331 e. The van der Waals surface area contributed by atoms with E-state index in [0.717, 1.165) is 56.9 Å². The summed E-state index contributed by atoms with van der Waals surface area (Å²) in [5, 5.41) is 17.4. The normalized spacial score (nSPS) is 27.6. The molecule has 7 nitrogen and oxygen atoms in total. The molecule has 242 valence electrons. The number of Topliss-reactive ketones (excluding diaryl/α,β-unsaturated/α-hetero) is 1. The number of rotatable bonds is 11. The molecule has 1 saturated carbocycles. The number of nitriles is 1. The van der Waals surface area contributed by atoms with E-state index in [2.05, 4.69) is 71.9 Å². The summed E-state index contributed by atoms with van der Waals surface area (Å²) in [6.07, 6.45) is 14.2. The van der Waals surface area contributed by atoms with Crippen molar-refractivity contribution < 1.29 is 14.4 Å². The molecule has 0 spiro atoms. The Labute approximate surface area is 265 Å². The molecular formula is C37H56N4O3. The second-order valence-electron chi connectivity index (χ2n) is 16.3. The quantitative estimate of drug-likeness (QED) is 0.255. The Bertz CT molecular complexity index is 1360. The highest BCUT2D eigenvalue weighted by molar-refractivity contribution is 6.04.